The summed E-state index contributed by atoms with van der Waals surface area (Å²) in [7, 11) is 0. The highest BCUT2D eigenvalue weighted by Gasteiger charge is 2.15. The molecule has 1 atom stereocenters. The van der Waals surface area contributed by atoms with E-state index in [9.17, 15) is 0 Å². The quantitative estimate of drug-likeness (QED) is 0.563. The molecule has 1 unspecified atom stereocenters. The minimum Gasteiger partial charge on any atom is -0.398 e. The first-order valence-electron chi connectivity index (χ1n) is 6.37. The fourth-order valence-electron chi connectivity index (χ4n) is 2.49. The van der Waals surface area contributed by atoms with Gasteiger partial charge in [0.25, 0.3) is 0 Å². The van der Waals surface area contributed by atoms with Crippen molar-refractivity contribution in [2.24, 2.45) is 0 Å². The first-order chi connectivity index (χ1) is 8.20. The molecule has 90 valence electrons. The zero-order chi connectivity index (χ0) is 12.3. The fourth-order valence-corrected chi connectivity index (χ4v) is 2.49. The second-order valence-electron chi connectivity index (χ2n) is 4.85. The molecule has 1 aromatic carbocycles. The Morgan fingerprint density at radius 1 is 1.06 bits per heavy atom. The van der Waals surface area contributed by atoms with E-state index < -0.39 is 0 Å². The highest BCUT2D eigenvalue weighted by molar-refractivity contribution is 5.59. The van der Waals surface area contributed by atoms with Gasteiger partial charge in [-0.2, -0.15) is 0 Å². The average Bonchev–Trinajstić information content (AvgIpc) is 2.26. The van der Waals surface area contributed by atoms with Gasteiger partial charge in [-0.25, -0.2) is 0 Å². The predicted octanol–water partition coefficient (Wildman–Crippen LogP) is 4.27. The molecule has 0 saturated carbocycles. The molecule has 1 heteroatoms. The molecule has 2 N–H and O–H groups in total. The van der Waals surface area contributed by atoms with E-state index in [0.717, 1.165) is 24.9 Å². The molecule has 0 amide bonds. The summed E-state index contributed by atoms with van der Waals surface area (Å²) >= 11 is 0. The van der Waals surface area contributed by atoms with Crippen LogP contribution in [0.15, 0.2) is 36.4 Å². The maximum atomic E-state index is 6.25. The summed E-state index contributed by atoms with van der Waals surface area (Å²) < 4.78 is 0. The Bertz CT molecular complexity index is 455. The number of hydrogen-bond acceptors (Lipinski definition) is 1. The molecule has 0 saturated heterocycles. The molecule has 0 fully saturated rings. The lowest BCUT2D eigenvalue weighted by atomic mass is 9.87. The van der Waals surface area contributed by atoms with E-state index in [1.165, 1.54) is 16.7 Å². The van der Waals surface area contributed by atoms with Crippen molar-refractivity contribution in [3.63, 3.8) is 0 Å². The number of rotatable bonds is 1. The van der Waals surface area contributed by atoms with Crippen molar-refractivity contribution in [3.05, 3.63) is 53.1 Å². The van der Waals surface area contributed by atoms with E-state index in [1.54, 1.807) is 0 Å². The molecular weight excluding hydrogens is 206 g/mol. The average molecular weight is 227 g/mol. The van der Waals surface area contributed by atoms with Gasteiger partial charge in [-0.15, -0.1) is 0 Å². The van der Waals surface area contributed by atoms with Crippen LogP contribution in [0.4, 0.5) is 5.69 Å². The van der Waals surface area contributed by atoms with Gasteiger partial charge in [-0.05, 0) is 49.8 Å². The lowest BCUT2D eigenvalue weighted by Crippen LogP contribution is -2.05. The predicted molar refractivity (Wildman–Crippen MR) is 75.2 cm³/mol. The van der Waals surface area contributed by atoms with Crippen LogP contribution < -0.4 is 5.73 Å². The maximum Gasteiger partial charge on any atom is 0.0385 e. The van der Waals surface area contributed by atoms with Crippen molar-refractivity contribution >= 4 is 5.69 Å². The molecule has 0 aromatic heterocycles. The number of anilines is 1. The Hall–Kier alpha value is -1.50. The molecule has 0 radical (unpaired) electrons. The Morgan fingerprint density at radius 2 is 1.82 bits per heavy atom. The second-order valence-corrected chi connectivity index (χ2v) is 4.85. The monoisotopic (exact) mass is 227 g/mol. The maximum absolute atomic E-state index is 6.25. The summed E-state index contributed by atoms with van der Waals surface area (Å²) in [5, 5.41) is 0. The fraction of sp³-hybridized carbons (Fsp3) is 0.375. The van der Waals surface area contributed by atoms with Crippen molar-refractivity contribution < 1.29 is 0 Å². The van der Waals surface area contributed by atoms with Crippen LogP contribution in [0.3, 0.4) is 0 Å². The van der Waals surface area contributed by atoms with Gasteiger partial charge in [0.05, 0.1) is 0 Å². The Kier molecular flexibility index (Phi) is 3.68. The van der Waals surface area contributed by atoms with Crippen molar-refractivity contribution in [1.82, 2.24) is 0 Å². The van der Waals surface area contributed by atoms with Crippen molar-refractivity contribution in [2.45, 2.75) is 39.0 Å². The minimum absolute atomic E-state index is 0.472. The number of nitrogens with two attached hydrogens (primary N) is 1. The van der Waals surface area contributed by atoms with E-state index >= 15 is 0 Å². The van der Waals surface area contributed by atoms with Crippen LogP contribution in [0.2, 0.25) is 0 Å². The van der Waals surface area contributed by atoms with Crippen LogP contribution in [0.1, 0.15) is 41.9 Å². The first-order valence-corrected chi connectivity index (χ1v) is 6.37. The molecule has 1 aliphatic rings. The van der Waals surface area contributed by atoms with Crippen LogP contribution >= 0.6 is 0 Å². The largest absolute Gasteiger partial charge is 0.398 e. The van der Waals surface area contributed by atoms with Gasteiger partial charge in [0.15, 0.2) is 0 Å². The first kappa shape index (κ1) is 12.0. The molecule has 2 rings (SSSR count). The number of hydrogen-bond donors (Lipinski definition) is 1. The van der Waals surface area contributed by atoms with Crippen LogP contribution in [0.5, 0.6) is 0 Å². The van der Waals surface area contributed by atoms with Gasteiger partial charge in [-0.3, -0.25) is 0 Å². The standard InChI is InChI=1S/C16H21N/c1-12-10-11-13(2)16(17)15(12)14-8-6-4-3-5-7-9-14/h3-4,7,9-11,14H,5-6,8,17H2,1-2H3/b4-3-,9-7-. The Morgan fingerprint density at radius 3 is 2.65 bits per heavy atom. The number of benzene rings is 1. The SMILES string of the molecule is Cc1ccc(C)c(C2/C=C\C/C=C\CC2)c1N. The zero-order valence-electron chi connectivity index (χ0n) is 10.7. The summed E-state index contributed by atoms with van der Waals surface area (Å²) in [6, 6.07) is 4.30. The molecule has 1 aliphatic carbocycles. The molecule has 1 nitrogen and oxygen atoms in total. The van der Waals surface area contributed by atoms with E-state index in [0.29, 0.717) is 5.92 Å². The highest BCUT2D eigenvalue weighted by Crippen LogP contribution is 2.33. The summed E-state index contributed by atoms with van der Waals surface area (Å²) in [5.41, 5.74) is 11.1. The third kappa shape index (κ3) is 2.60. The zero-order valence-corrected chi connectivity index (χ0v) is 10.7. The van der Waals surface area contributed by atoms with E-state index in [-0.39, 0.29) is 0 Å². The summed E-state index contributed by atoms with van der Waals surface area (Å²) in [6.07, 6.45) is 12.4. The topological polar surface area (TPSA) is 26.0 Å². The molecule has 0 heterocycles. The molecular formula is C16H21N. The van der Waals surface area contributed by atoms with Crippen molar-refractivity contribution in [2.75, 3.05) is 5.73 Å². The minimum atomic E-state index is 0.472. The Labute approximate surface area is 104 Å². The second kappa shape index (κ2) is 5.22. The smallest absolute Gasteiger partial charge is 0.0385 e. The lowest BCUT2D eigenvalue weighted by Gasteiger charge is -2.20. The van der Waals surface area contributed by atoms with Crippen LogP contribution in [-0.2, 0) is 0 Å². The van der Waals surface area contributed by atoms with Crippen molar-refractivity contribution in [1.29, 1.82) is 0 Å². The van der Waals surface area contributed by atoms with E-state index in [2.05, 4.69) is 50.3 Å². The van der Waals surface area contributed by atoms with Gasteiger partial charge in [0.2, 0.25) is 0 Å². The van der Waals surface area contributed by atoms with Gasteiger partial charge < -0.3 is 5.73 Å². The lowest BCUT2D eigenvalue weighted by molar-refractivity contribution is 0.740. The summed E-state index contributed by atoms with van der Waals surface area (Å²) in [5.74, 6) is 0.472. The van der Waals surface area contributed by atoms with Crippen LogP contribution in [0, 0.1) is 13.8 Å². The molecule has 17 heavy (non-hydrogen) atoms. The summed E-state index contributed by atoms with van der Waals surface area (Å²) in [6.45, 7) is 4.25. The summed E-state index contributed by atoms with van der Waals surface area (Å²) in [4.78, 5) is 0. The van der Waals surface area contributed by atoms with Crippen molar-refractivity contribution in [3.8, 4) is 0 Å². The van der Waals surface area contributed by atoms with Gasteiger partial charge in [0.1, 0.15) is 0 Å². The van der Waals surface area contributed by atoms with Gasteiger partial charge in [-0.1, -0.05) is 36.4 Å². The molecule has 0 aliphatic heterocycles. The number of aryl methyl sites for hydroxylation is 2. The molecule has 0 bridgehead atoms. The van der Waals surface area contributed by atoms with E-state index in [1.807, 2.05) is 0 Å². The number of allylic oxidation sites excluding steroid dienone is 4. The molecule has 0 spiro atoms. The number of nitrogen functional groups attached to an aromatic ring is 1. The van der Waals surface area contributed by atoms with Crippen LogP contribution in [-0.4, -0.2) is 0 Å². The van der Waals surface area contributed by atoms with Gasteiger partial charge in [0, 0.05) is 11.6 Å². The highest BCUT2D eigenvalue weighted by atomic mass is 14.6. The van der Waals surface area contributed by atoms with E-state index in [4.69, 9.17) is 5.73 Å². The Balaban J connectivity index is 2.38. The normalized spacial score (nSPS) is 23.8. The van der Waals surface area contributed by atoms with Gasteiger partial charge >= 0.3 is 0 Å². The molecule has 1 aromatic rings. The third-order valence-electron chi connectivity index (χ3n) is 3.55. The van der Waals surface area contributed by atoms with Crippen LogP contribution in [0.25, 0.3) is 0 Å². The third-order valence-corrected chi connectivity index (χ3v) is 3.55.